The van der Waals surface area contributed by atoms with Gasteiger partial charge in [0.15, 0.2) is 0 Å². The summed E-state index contributed by atoms with van der Waals surface area (Å²) in [6.45, 7) is 3.84. The molecule has 2 aliphatic heterocycles. The maximum Gasteiger partial charge on any atom is 0.411 e. The fourth-order valence-electron chi connectivity index (χ4n) is 5.05. The lowest BCUT2D eigenvalue weighted by Crippen LogP contribution is -2.81. The van der Waals surface area contributed by atoms with Crippen LogP contribution in [0.25, 0.3) is 0 Å². The molecule has 7 heteroatoms. The molecule has 2 aliphatic rings. The van der Waals surface area contributed by atoms with Gasteiger partial charge in [-0.15, -0.1) is 0 Å². The molecule has 32 heavy (non-hydrogen) atoms. The van der Waals surface area contributed by atoms with Crippen LogP contribution in [0.1, 0.15) is 37.4 Å². The van der Waals surface area contributed by atoms with E-state index in [0.29, 0.717) is 12.8 Å². The minimum atomic E-state index is -1.20. The van der Waals surface area contributed by atoms with Gasteiger partial charge in [0.05, 0.1) is 12.1 Å². The molecule has 7 nitrogen and oxygen atoms in total. The van der Waals surface area contributed by atoms with Crippen LogP contribution in [0.2, 0.25) is 0 Å². The number of rotatable bonds is 8. The van der Waals surface area contributed by atoms with Gasteiger partial charge in [0, 0.05) is 6.42 Å². The van der Waals surface area contributed by atoms with Gasteiger partial charge >= 0.3 is 12.1 Å². The van der Waals surface area contributed by atoms with E-state index in [9.17, 15) is 19.5 Å². The molecule has 0 aliphatic carbocycles. The van der Waals surface area contributed by atoms with E-state index in [1.807, 2.05) is 74.5 Å². The Morgan fingerprint density at radius 1 is 1.09 bits per heavy atom. The summed E-state index contributed by atoms with van der Waals surface area (Å²) in [5.41, 5.74) is 0.601. The predicted molar refractivity (Wildman–Crippen MR) is 118 cm³/mol. The van der Waals surface area contributed by atoms with Crippen molar-refractivity contribution in [3.05, 3.63) is 71.8 Å². The largest absolute Gasteiger partial charge is 0.480 e. The second kappa shape index (κ2) is 8.65. The SMILES string of the molecule is CC(C)C[C@H]1N(CC(=O)O)C(=O)[C@@]1(Cc1ccccc1)N1C(=O)OC[C@@H]1c1ccccc1. The number of nitrogens with zero attached hydrogens (tertiary/aromatic N) is 2. The molecule has 0 saturated carbocycles. The molecule has 0 radical (unpaired) electrons. The zero-order valence-electron chi connectivity index (χ0n) is 18.3. The third kappa shape index (κ3) is 3.72. The number of aliphatic carboxylic acids is 1. The van der Waals surface area contributed by atoms with Gasteiger partial charge in [0.1, 0.15) is 18.7 Å². The Hall–Kier alpha value is -3.35. The molecule has 2 heterocycles. The van der Waals surface area contributed by atoms with E-state index in [1.54, 1.807) is 4.90 Å². The van der Waals surface area contributed by atoms with E-state index in [1.165, 1.54) is 4.90 Å². The summed E-state index contributed by atoms with van der Waals surface area (Å²) in [6, 6.07) is 18.2. The van der Waals surface area contributed by atoms with Crippen LogP contribution in [0.5, 0.6) is 0 Å². The number of carbonyl (C=O) groups is 3. The van der Waals surface area contributed by atoms with Crippen LogP contribution in [-0.2, 0) is 20.7 Å². The van der Waals surface area contributed by atoms with Gasteiger partial charge in [0.25, 0.3) is 5.91 Å². The van der Waals surface area contributed by atoms with Crippen LogP contribution in [0, 0.1) is 5.92 Å². The first-order valence-corrected chi connectivity index (χ1v) is 10.9. The number of amides is 2. The topological polar surface area (TPSA) is 87.2 Å². The summed E-state index contributed by atoms with van der Waals surface area (Å²) < 4.78 is 5.47. The Labute approximate surface area is 187 Å². The first-order chi connectivity index (χ1) is 15.3. The van der Waals surface area contributed by atoms with Gasteiger partial charge in [-0.1, -0.05) is 74.5 Å². The highest BCUT2D eigenvalue weighted by Crippen LogP contribution is 2.48. The Morgan fingerprint density at radius 2 is 1.72 bits per heavy atom. The van der Waals surface area contributed by atoms with Crippen molar-refractivity contribution in [3.63, 3.8) is 0 Å². The lowest BCUT2D eigenvalue weighted by molar-refractivity contribution is -0.180. The summed E-state index contributed by atoms with van der Waals surface area (Å²) in [5, 5.41) is 9.43. The number of cyclic esters (lactones) is 1. The molecule has 0 aromatic heterocycles. The van der Waals surface area contributed by atoms with Gasteiger partial charge in [0.2, 0.25) is 0 Å². The fraction of sp³-hybridized carbons (Fsp3) is 0.400. The molecule has 3 atom stereocenters. The first kappa shape index (κ1) is 21.9. The molecule has 2 aromatic rings. The molecule has 2 fully saturated rings. The standard InChI is InChI=1S/C25H28N2O5/c1-17(2)13-21-25(14-18-9-5-3-6-10-18,23(30)26(21)15-22(28)29)27-20(16-32-24(27)31)19-11-7-4-8-12-19/h3-12,17,20-21H,13-16H2,1-2H3,(H,28,29)/t20-,21-,25+/m1/s1. The average Bonchev–Trinajstić information content (AvgIpc) is 3.17. The van der Waals surface area contributed by atoms with Crippen LogP contribution < -0.4 is 0 Å². The van der Waals surface area contributed by atoms with Crippen molar-refractivity contribution in [3.8, 4) is 0 Å². The molecule has 1 N–H and O–H groups in total. The molecular weight excluding hydrogens is 408 g/mol. The lowest BCUT2D eigenvalue weighted by Gasteiger charge is -2.60. The van der Waals surface area contributed by atoms with Crippen LogP contribution in [0.15, 0.2) is 60.7 Å². The van der Waals surface area contributed by atoms with Crippen molar-refractivity contribution in [1.82, 2.24) is 9.80 Å². The quantitative estimate of drug-likeness (QED) is 0.640. The maximum atomic E-state index is 13.7. The monoisotopic (exact) mass is 436 g/mol. The fourth-order valence-corrected chi connectivity index (χ4v) is 5.05. The number of carboxylic acid groups (broad SMARTS) is 1. The average molecular weight is 437 g/mol. The number of benzene rings is 2. The van der Waals surface area contributed by atoms with Gasteiger partial charge in [-0.25, -0.2) is 4.79 Å². The summed E-state index contributed by atoms with van der Waals surface area (Å²) in [4.78, 5) is 41.4. The van der Waals surface area contributed by atoms with Crippen LogP contribution in [0.3, 0.4) is 0 Å². The van der Waals surface area contributed by atoms with Crippen molar-refractivity contribution in [2.75, 3.05) is 13.2 Å². The molecule has 0 bridgehead atoms. The second-order valence-electron chi connectivity index (χ2n) is 8.93. The number of β-lactam (4-membered cyclic amide) rings is 1. The van der Waals surface area contributed by atoms with E-state index in [4.69, 9.17) is 4.74 Å². The lowest BCUT2D eigenvalue weighted by atomic mass is 9.69. The Balaban J connectivity index is 1.83. The molecule has 168 valence electrons. The highest BCUT2D eigenvalue weighted by molar-refractivity contribution is 5.99. The van der Waals surface area contributed by atoms with Crippen LogP contribution in [0.4, 0.5) is 4.79 Å². The van der Waals surface area contributed by atoms with E-state index >= 15 is 0 Å². The van der Waals surface area contributed by atoms with E-state index in [-0.39, 0.29) is 25.0 Å². The smallest absolute Gasteiger partial charge is 0.411 e. The third-order valence-electron chi connectivity index (χ3n) is 6.36. The van der Waals surface area contributed by atoms with E-state index < -0.39 is 29.7 Å². The number of hydrogen-bond acceptors (Lipinski definition) is 4. The van der Waals surface area contributed by atoms with Crippen molar-refractivity contribution >= 4 is 18.0 Å². The number of hydrogen-bond donors (Lipinski definition) is 1. The minimum Gasteiger partial charge on any atom is -0.480 e. The highest BCUT2D eigenvalue weighted by atomic mass is 16.6. The van der Waals surface area contributed by atoms with Crippen molar-refractivity contribution < 1.29 is 24.2 Å². The van der Waals surface area contributed by atoms with E-state index in [0.717, 1.165) is 11.1 Å². The minimum absolute atomic E-state index is 0.153. The first-order valence-electron chi connectivity index (χ1n) is 10.9. The predicted octanol–water partition coefficient (Wildman–Crippen LogP) is 3.50. The van der Waals surface area contributed by atoms with Gasteiger partial charge in [-0.05, 0) is 23.5 Å². The third-order valence-corrected chi connectivity index (χ3v) is 6.36. The summed E-state index contributed by atoms with van der Waals surface area (Å²) in [7, 11) is 0. The van der Waals surface area contributed by atoms with Crippen LogP contribution >= 0.6 is 0 Å². The normalized spacial score (nSPS) is 25.1. The summed E-state index contributed by atoms with van der Waals surface area (Å²) in [6.07, 6.45) is 0.349. The van der Waals surface area contributed by atoms with Crippen molar-refractivity contribution in [2.45, 2.75) is 44.3 Å². The Morgan fingerprint density at radius 3 is 2.31 bits per heavy atom. The van der Waals surface area contributed by atoms with Gasteiger partial charge in [-0.2, -0.15) is 0 Å². The van der Waals surface area contributed by atoms with Gasteiger partial charge in [-0.3, -0.25) is 14.5 Å². The number of carboxylic acids is 1. The zero-order chi connectivity index (χ0) is 22.9. The zero-order valence-corrected chi connectivity index (χ0v) is 18.3. The van der Waals surface area contributed by atoms with E-state index in [2.05, 4.69) is 0 Å². The molecule has 0 unspecified atom stereocenters. The van der Waals surface area contributed by atoms with Crippen molar-refractivity contribution in [2.24, 2.45) is 5.92 Å². The number of ether oxygens (including phenoxy) is 1. The molecule has 2 amide bonds. The highest BCUT2D eigenvalue weighted by Gasteiger charge is 2.67. The number of likely N-dealkylation sites (tertiary alicyclic amines) is 1. The van der Waals surface area contributed by atoms with Gasteiger partial charge < -0.3 is 14.7 Å². The Kier molecular flexibility index (Phi) is 5.91. The molecule has 2 aromatic carbocycles. The number of carbonyl (C=O) groups excluding carboxylic acids is 2. The Bertz CT molecular complexity index is 994. The second-order valence-corrected chi connectivity index (χ2v) is 8.93. The molecule has 0 spiro atoms. The summed E-state index contributed by atoms with van der Waals surface area (Å²) >= 11 is 0. The molecule has 2 saturated heterocycles. The van der Waals surface area contributed by atoms with Crippen LogP contribution in [-0.4, -0.2) is 57.6 Å². The molecular formula is C25H28N2O5. The van der Waals surface area contributed by atoms with Crippen molar-refractivity contribution in [1.29, 1.82) is 0 Å². The molecule has 4 rings (SSSR count). The summed E-state index contributed by atoms with van der Waals surface area (Å²) in [5.74, 6) is -1.20. The maximum absolute atomic E-state index is 13.7.